The van der Waals surface area contributed by atoms with E-state index in [1.807, 2.05) is 91.0 Å². The molecular formula is C35H36O10. The Hall–Kier alpha value is -4.35. The van der Waals surface area contributed by atoms with Crippen molar-refractivity contribution in [3.63, 3.8) is 0 Å². The molecule has 2 saturated heterocycles. The zero-order chi connectivity index (χ0) is 31.9. The van der Waals surface area contributed by atoms with Crippen LogP contribution < -0.4 is 0 Å². The third kappa shape index (κ3) is 6.69. The number of carbonyl (C=O) groups is 3. The van der Waals surface area contributed by atoms with Crippen molar-refractivity contribution in [2.45, 2.75) is 69.5 Å². The molecule has 2 aliphatic rings. The van der Waals surface area contributed by atoms with E-state index < -0.39 is 53.7 Å². The number of cyclic esters (lactones) is 1. The van der Waals surface area contributed by atoms with Crippen LogP contribution in [0.5, 0.6) is 0 Å². The molecule has 10 heteroatoms. The number of rotatable bonds is 13. The normalized spacial score (nSPS) is 27.2. The largest absolute Gasteiger partial charge is 0.451 e. The lowest BCUT2D eigenvalue weighted by molar-refractivity contribution is -0.249. The Morgan fingerprint density at radius 2 is 1.33 bits per heavy atom. The summed E-state index contributed by atoms with van der Waals surface area (Å²) in [7, 11) is 0. The zero-order valence-corrected chi connectivity index (χ0v) is 25.2. The predicted octanol–water partition coefficient (Wildman–Crippen LogP) is 4.45. The van der Waals surface area contributed by atoms with Crippen LogP contribution in [0.1, 0.15) is 30.5 Å². The van der Waals surface area contributed by atoms with E-state index in [9.17, 15) is 14.4 Å². The van der Waals surface area contributed by atoms with Gasteiger partial charge in [0.15, 0.2) is 6.10 Å². The van der Waals surface area contributed by atoms with Crippen LogP contribution in [0.4, 0.5) is 0 Å². The van der Waals surface area contributed by atoms with Crippen molar-refractivity contribution in [3.05, 3.63) is 120 Å². The highest BCUT2D eigenvalue weighted by Gasteiger charge is 2.81. The summed E-state index contributed by atoms with van der Waals surface area (Å²) in [5, 5.41) is 0. The van der Waals surface area contributed by atoms with Crippen LogP contribution >= 0.6 is 0 Å². The van der Waals surface area contributed by atoms with Crippen molar-refractivity contribution < 1.29 is 47.5 Å². The Bertz CT molecular complexity index is 1460. The van der Waals surface area contributed by atoms with Crippen molar-refractivity contribution in [2.24, 2.45) is 0 Å². The lowest BCUT2D eigenvalue weighted by atomic mass is 9.76. The van der Waals surface area contributed by atoms with Crippen molar-refractivity contribution in [1.29, 1.82) is 0 Å². The minimum atomic E-state index is -2.19. The van der Waals surface area contributed by atoms with Crippen LogP contribution in [0, 0.1) is 0 Å². The highest BCUT2D eigenvalue weighted by Crippen LogP contribution is 2.52. The van der Waals surface area contributed by atoms with Gasteiger partial charge in [-0.1, -0.05) is 97.6 Å². The Balaban J connectivity index is 1.60. The Kier molecular flexibility index (Phi) is 10.1. The van der Waals surface area contributed by atoms with Gasteiger partial charge in [0.2, 0.25) is 17.5 Å². The van der Waals surface area contributed by atoms with Gasteiger partial charge >= 0.3 is 17.9 Å². The molecule has 2 aliphatic heterocycles. The molecule has 0 aliphatic carbocycles. The summed E-state index contributed by atoms with van der Waals surface area (Å²) in [5.74, 6) is -2.32. The minimum Gasteiger partial charge on any atom is -0.451 e. The number of benzene rings is 3. The van der Waals surface area contributed by atoms with Crippen LogP contribution in [0.2, 0.25) is 0 Å². The second kappa shape index (κ2) is 14.2. The van der Waals surface area contributed by atoms with Gasteiger partial charge < -0.3 is 33.2 Å². The molecule has 1 spiro atoms. The molecule has 5 rings (SSSR count). The quantitative estimate of drug-likeness (QED) is 0.155. The van der Waals surface area contributed by atoms with Crippen LogP contribution in [0.25, 0.3) is 0 Å². The van der Waals surface area contributed by atoms with Gasteiger partial charge in [-0.3, -0.25) is 9.59 Å². The van der Waals surface area contributed by atoms with Crippen LogP contribution in [0.3, 0.4) is 0 Å². The first kappa shape index (κ1) is 32.1. The van der Waals surface area contributed by atoms with Gasteiger partial charge in [0.1, 0.15) is 12.2 Å². The molecule has 2 fully saturated rings. The fourth-order valence-electron chi connectivity index (χ4n) is 5.78. The van der Waals surface area contributed by atoms with Gasteiger partial charge in [0.25, 0.3) is 0 Å². The number of ether oxygens (including phenoxy) is 7. The van der Waals surface area contributed by atoms with Crippen LogP contribution in [-0.2, 0) is 67.4 Å². The molecule has 6 atom stereocenters. The molecule has 1 unspecified atom stereocenters. The van der Waals surface area contributed by atoms with E-state index >= 15 is 0 Å². The molecule has 0 bridgehead atoms. The molecule has 0 N–H and O–H groups in total. The highest BCUT2D eigenvalue weighted by molar-refractivity contribution is 5.88. The average molecular weight is 617 g/mol. The molecule has 236 valence electrons. The van der Waals surface area contributed by atoms with Gasteiger partial charge in [-0.2, -0.15) is 0 Å². The molecular weight excluding hydrogens is 580 g/mol. The summed E-state index contributed by atoms with van der Waals surface area (Å²) >= 11 is 0. The Morgan fingerprint density at radius 1 is 0.800 bits per heavy atom. The second-order valence-corrected chi connectivity index (χ2v) is 10.8. The van der Waals surface area contributed by atoms with E-state index in [2.05, 4.69) is 6.58 Å². The third-order valence-electron chi connectivity index (χ3n) is 7.70. The monoisotopic (exact) mass is 616 g/mol. The lowest BCUT2D eigenvalue weighted by Crippen LogP contribution is -2.68. The van der Waals surface area contributed by atoms with E-state index in [-0.39, 0.29) is 26.4 Å². The van der Waals surface area contributed by atoms with Gasteiger partial charge in [0, 0.05) is 13.8 Å². The standard InChI is InChI=1S/C35H36O10/c1-4-29-34(44-25(3)37,23-39-20-26-14-8-5-9-15-26)35(33(38)43-29)31(41-22-28-18-12-7-13-19-28)30(32(45-35)42-24(2)36)40-21-27-16-10-6-11-17-27/h4-19,29-32H,1,20-23H2,2-3H3/t29-,30-,31-,32?,34+,35+/m1/s1. The van der Waals surface area contributed by atoms with Gasteiger partial charge in [0.05, 0.1) is 26.4 Å². The third-order valence-corrected chi connectivity index (χ3v) is 7.70. The van der Waals surface area contributed by atoms with Crippen LogP contribution in [-0.4, -0.2) is 60.3 Å². The van der Waals surface area contributed by atoms with Gasteiger partial charge in [-0.05, 0) is 22.8 Å². The zero-order valence-electron chi connectivity index (χ0n) is 25.2. The number of esters is 3. The molecule has 0 amide bonds. The molecule has 3 aromatic carbocycles. The summed E-state index contributed by atoms with van der Waals surface area (Å²) in [6, 6.07) is 27.9. The fraction of sp³-hybridized carbons (Fsp3) is 0.343. The molecule has 0 aromatic heterocycles. The summed E-state index contributed by atoms with van der Waals surface area (Å²) in [4.78, 5) is 39.3. The fourth-order valence-corrected chi connectivity index (χ4v) is 5.78. The first-order valence-corrected chi connectivity index (χ1v) is 14.6. The van der Waals surface area contributed by atoms with Gasteiger partial charge in [-0.15, -0.1) is 0 Å². The minimum absolute atomic E-state index is 0.0155. The van der Waals surface area contributed by atoms with E-state index in [0.29, 0.717) is 0 Å². The first-order valence-electron chi connectivity index (χ1n) is 14.6. The van der Waals surface area contributed by atoms with E-state index in [1.165, 1.54) is 19.9 Å². The summed E-state index contributed by atoms with van der Waals surface area (Å²) in [6.45, 7) is 6.11. The van der Waals surface area contributed by atoms with Gasteiger partial charge in [-0.25, -0.2) is 4.79 Å². The summed E-state index contributed by atoms with van der Waals surface area (Å²) < 4.78 is 42.8. The Morgan fingerprint density at radius 3 is 1.84 bits per heavy atom. The maximum Gasteiger partial charge on any atom is 0.346 e. The topological polar surface area (TPSA) is 116 Å². The maximum atomic E-state index is 14.2. The first-order chi connectivity index (χ1) is 21.8. The highest BCUT2D eigenvalue weighted by atomic mass is 16.8. The lowest BCUT2D eigenvalue weighted by Gasteiger charge is -2.42. The van der Waals surface area contributed by atoms with Crippen molar-refractivity contribution in [1.82, 2.24) is 0 Å². The molecule has 3 aromatic rings. The predicted molar refractivity (Wildman–Crippen MR) is 160 cm³/mol. The number of hydrogen-bond donors (Lipinski definition) is 0. The molecule has 10 nitrogen and oxygen atoms in total. The smallest absolute Gasteiger partial charge is 0.346 e. The molecule has 0 radical (unpaired) electrons. The molecule has 45 heavy (non-hydrogen) atoms. The van der Waals surface area contributed by atoms with E-state index in [0.717, 1.165) is 16.7 Å². The maximum absolute atomic E-state index is 14.2. The summed E-state index contributed by atoms with van der Waals surface area (Å²) in [5.41, 5.74) is -1.69. The average Bonchev–Trinajstić information content (AvgIpc) is 3.46. The second-order valence-electron chi connectivity index (χ2n) is 10.8. The molecule has 2 heterocycles. The van der Waals surface area contributed by atoms with E-state index in [1.54, 1.807) is 0 Å². The summed E-state index contributed by atoms with van der Waals surface area (Å²) in [6.07, 6.45) is -3.76. The number of carbonyl (C=O) groups excluding carboxylic acids is 3. The van der Waals surface area contributed by atoms with Crippen molar-refractivity contribution in [2.75, 3.05) is 6.61 Å². The van der Waals surface area contributed by atoms with E-state index in [4.69, 9.17) is 33.2 Å². The van der Waals surface area contributed by atoms with Crippen LogP contribution in [0.15, 0.2) is 104 Å². The Labute approximate surface area is 261 Å². The molecule has 0 saturated carbocycles. The SMILES string of the molecule is C=C[C@H]1OC(=O)[C@]2(OC(OC(C)=O)[C@H](OCc3ccccc3)[C@H]2OCc2ccccc2)[C@@]1(COCc1ccccc1)OC(C)=O. The van der Waals surface area contributed by atoms with Crippen molar-refractivity contribution >= 4 is 17.9 Å². The number of hydrogen-bond acceptors (Lipinski definition) is 10. The van der Waals surface area contributed by atoms with Crippen molar-refractivity contribution in [3.8, 4) is 0 Å².